The van der Waals surface area contributed by atoms with Crippen molar-refractivity contribution in [2.24, 2.45) is 5.92 Å². The third-order valence-electron chi connectivity index (χ3n) is 4.36. The van der Waals surface area contributed by atoms with Gasteiger partial charge < -0.3 is 15.4 Å². The summed E-state index contributed by atoms with van der Waals surface area (Å²) in [7, 11) is 0. The van der Waals surface area contributed by atoms with E-state index in [1.807, 2.05) is 20.8 Å². The van der Waals surface area contributed by atoms with Gasteiger partial charge in [0.2, 0.25) is 5.91 Å². The van der Waals surface area contributed by atoms with E-state index in [1.54, 1.807) is 24.3 Å². The maximum atomic E-state index is 12.5. The van der Waals surface area contributed by atoms with Gasteiger partial charge in [0.25, 0.3) is 5.91 Å². The Balaban J connectivity index is 1.97. The summed E-state index contributed by atoms with van der Waals surface area (Å²) in [5, 5.41) is 5.94. The zero-order chi connectivity index (χ0) is 17.5. The molecule has 0 spiro atoms. The standard InChI is InChI=1S/C19H28N2O3/c1-4-24-16-11-9-14(10-12-16)18(22)21-17(13(2)3)19(23)20-15-7-5-6-8-15/h9-13,15,17H,4-8H2,1-3H3,(H,20,23)(H,21,22)/t17-/m0/s1. The summed E-state index contributed by atoms with van der Waals surface area (Å²) >= 11 is 0. The minimum absolute atomic E-state index is 0.0260. The zero-order valence-electron chi connectivity index (χ0n) is 14.8. The minimum Gasteiger partial charge on any atom is -0.494 e. The van der Waals surface area contributed by atoms with Gasteiger partial charge in [-0.3, -0.25) is 9.59 Å². The predicted octanol–water partition coefficient (Wildman–Crippen LogP) is 2.90. The highest BCUT2D eigenvalue weighted by molar-refractivity contribution is 5.97. The second-order valence-corrected chi connectivity index (χ2v) is 6.64. The first kappa shape index (κ1) is 18.3. The van der Waals surface area contributed by atoms with Crippen LogP contribution in [0.3, 0.4) is 0 Å². The van der Waals surface area contributed by atoms with Gasteiger partial charge in [0.1, 0.15) is 11.8 Å². The number of hydrogen-bond donors (Lipinski definition) is 2. The van der Waals surface area contributed by atoms with Crippen molar-refractivity contribution in [2.45, 2.75) is 58.5 Å². The highest BCUT2D eigenvalue weighted by atomic mass is 16.5. The first-order chi connectivity index (χ1) is 11.5. The van der Waals surface area contributed by atoms with E-state index in [4.69, 9.17) is 4.74 Å². The van der Waals surface area contributed by atoms with E-state index in [1.165, 1.54) is 0 Å². The molecule has 0 aliphatic heterocycles. The van der Waals surface area contributed by atoms with Gasteiger partial charge in [-0.15, -0.1) is 0 Å². The molecule has 1 aliphatic rings. The molecular weight excluding hydrogens is 304 g/mol. The smallest absolute Gasteiger partial charge is 0.251 e. The van der Waals surface area contributed by atoms with Crippen molar-refractivity contribution < 1.29 is 14.3 Å². The maximum Gasteiger partial charge on any atom is 0.251 e. The largest absolute Gasteiger partial charge is 0.494 e. The Labute approximate surface area is 144 Å². The number of nitrogens with one attached hydrogen (secondary N) is 2. The van der Waals surface area contributed by atoms with Crippen molar-refractivity contribution in [1.29, 1.82) is 0 Å². The molecule has 2 rings (SSSR count). The summed E-state index contributed by atoms with van der Waals surface area (Å²) in [6.07, 6.45) is 4.39. The van der Waals surface area contributed by atoms with Crippen LogP contribution in [0.1, 0.15) is 56.8 Å². The maximum absolute atomic E-state index is 12.5. The fourth-order valence-corrected chi connectivity index (χ4v) is 2.99. The van der Waals surface area contributed by atoms with Crippen LogP contribution in [-0.4, -0.2) is 30.5 Å². The zero-order valence-corrected chi connectivity index (χ0v) is 14.8. The number of hydrogen-bond acceptors (Lipinski definition) is 3. The SMILES string of the molecule is CCOc1ccc(C(=O)N[C@H](C(=O)NC2CCCC2)C(C)C)cc1. The fourth-order valence-electron chi connectivity index (χ4n) is 2.99. The fraction of sp³-hybridized carbons (Fsp3) is 0.579. The average molecular weight is 332 g/mol. The lowest BCUT2D eigenvalue weighted by Crippen LogP contribution is -2.51. The Bertz CT molecular complexity index is 548. The summed E-state index contributed by atoms with van der Waals surface area (Å²) in [5.74, 6) is 0.431. The average Bonchev–Trinajstić information content (AvgIpc) is 3.06. The van der Waals surface area contributed by atoms with Crippen molar-refractivity contribution in [2.75, 3.05) is 6.61 Å². The molecule has 1 atom stereocenters. The molecule has 0 unspecified atom stereocenters. The second-order valence-electron chi connectivity index (χ2n) is 6.64. The summed E-state index contributed by atoms with van der Waals surface area (Å²) in [6, 6.07) is 6.69. The second kappa shape index (κ2) is 8.71. The van der Waals surface area contributed by atoms with E-state index in [0.29, 0.717) is 12.2 Å². The van der Waals surface area contributed by atoms with Crippen LogP contribution < -0.4 is 15.4 Å². The molecule has 0 aromatic heterocycles. The third-order valence-corrected chi connectivity index (χ3v) is 4.36. The highest BCUT2D eigenvalue weighted by Gasteiger charge is 2.27. The molecule has 0 heterocycles. The van der Waals surface area contributed by atoms with E-state index in [2.05, 4.69) is 10.6 Å². The van der Waals surface area contributed by atoms with Gasteiger partial charge in [0, 0.05) is 11.6 Å². The van der Waals surface area contributed by atoms with Gasteiger partial charge in [0.15, 0.2) is 0 Å². The van der Waals surface area contributed by atoms with Crippen molar-refractivity contribution in [1.82, 2.24) is 10.6 Å². The lowest BCUT2D eigenvalue weighted by atomic mass is 10.0. The van der Waals surface area contributed by atoms with Gasteiger partial charge in [-0.2, -0.15) is 0 Å². The number of amides is 2. The Morgan fingerprint density at radius 1 is 1.17 bits per heavy atom. The van der Waals surface area contributed by atoms with E-state index in [9.17, 15) is 9.59 Å². The molecule has 2 amide bonds. The minimum atomic E-state index is -0.523. The number of rotatable bonds is 7. The number of benzene rings is 1. The van der Waals surface area contributed by atoms with Crippen LogP contribution in [0.2, 0.25) is 0 Å². The van der Waals surface area contributed by atoms with Crippen molar-refractivity contribution >= 4 is 11.8 Å². The van der Waals surface area contributed by atoms with E-state index in [0.717, 1.165) is 31.4 Å². The Hall–Kier alpha value is -2.04. The van der Waals surface area contributed by atoms with Gasteiger partial charge in [-0.05, 0) is 49.9 Å². The van der Waals surface area contributed by atoms with Crippen LogP contribution in [0.25, 0.3) is 0 Å². The third kappa shape index (κ3) is 4.98. The van der Waals surface area contributed by atoms with Crippen LogP contribution in [0.15, 0.2) is 24.3 Å². The molecule has 0 saturated heterocycles. The van der Waals surface area contributed by atoms with Crippen molar-refractivity contribution in [3.63, 3.8) is 0 Å². The topological polar surface area (TPSA) is 67.4 Å². The van der Waals surface area contributed by atoms with E-state index in [-0.39, 0.29) is 23.8 Å². The van der Waals surface area contributed by atoms with Gasteiger partial charge >= 0.3 is 0 Å². The molecule has 1 aliphatic carbocycles. The molecule has 24 heavy (non-hydrogen) atoms. The lowest BCUT2D eigenvalue weighted by Gasteiger charge is -2.24. The number of ether oxygens (including phenoxy) is 1. The van der Waals surface area contributed by atoms with Crippen LogP contribution >= 0.6 is 0 Å². The van der Waals surface area contributed by atoms with Crippen molar-refractivity contribution in [3.8, 4) is 5.75 Å². The van der Waals surface area contributed by atoms with Gasteiger partial charge in [-0.25, -0.2) is 0 Å². The molecule has 2 N–H and O–H groups in total. The summed E-state index contributed by atoms with van der Waals surface area (Å²) in [4.78, 5) is 24.9. The van der Waals surface area contributed by atoms with Crippen LogP contribution in [0, 0.1) is 5.92 Å². The molecular formula is C19H28N2O3. The normalized spacial score (nSPS) is 16.0. The summed E-state index contributed by atoms with van der Waals surface area (Å²) in [6.45, 7) is 6.38. The van der Waals surface area contributed by atoms with Gasteiger partial charge in [0.05, 0.1) is 6.61 Å². The van der Waals surface area contributed by atoms with Crippen LogP contribution in [0.5, 0.6) is 5.75 Å². The molecule has 1 saturated carbocycles. The molecule has 1 fully saturated rings. The molecule has 0 radical (unpaired) electrons. The molecule has 132 valence electrons. The summed E-state index contributed by atoms with van der Waals surface area (Å²) in [5.41, 5.74) is 0.526. The molecule has 1 aromatic carbocycles. The van der Waals surface area contributed by atoms with Crippen molar-refractivity contribution in [3.05, 3.63) is 29.8 Å². The predicted molar refractivity (Wildman–Crippen MR) is 94.1 cm³/mol. The van der Waals surface area contributed by atoms with E-state index >= 15 is 0 Å². The highest BCUT2D eigenvalue weighted by Crippen LogP contribution is 2.18. The van der Waals surface area contributed by atoms with E-state index < -0.39 is 6.04 Å². The quantitative estimate of drug-likeness (QED) is 0.807. The Morgan fingerprint density at radius 3 is 2.33 bits per heavy atom. The molecule has 5 heteroatoms. The van der Waals surface area contributed by atoms with Crippen LogP contribution in [-0.2, 0) is 4.79 Å². The molecule has 0 bridgehead atoms. The first-order valence-electron chi connectivity index (χ1n) is 8.85. The lowest BCUT2D eigenvalue weighted by molar-refractivity contribution is -0.124. The molecule has 5 nitrogen and oxygen atoms in total. The summed E-state index contributed by atoms with van der Waals surface area (Å²) < 4.78 is 5.38. The van der Waals surface area contributed by atoms with Crippen LogP contribution in [0.4, 0.5) is 0 Å². The molecule has 1 aromatic rings. The number of carbonyl (C=O) groups is 2. The monoisotopic (exact) mass is 332 g/mol. The Kier molecular flexibility index (Phi) is 6.64. The van der Waals surface area contributed by atoms with Gasteiger partial charge in [-0.1, -0.05) is 26.7 Å². The first-order valence-corrected chi connectivity index (χ1v) is 8.85. The Morgan fingerprint density at radius 2 is 1.79 bits per heavy atom. The number of carbonyl (C=O) groups excluding carboxylic acids is 2.